The lowest BCUT2D eigenvalue weighted by Gasteiger charge is -2.31. The van der Waals surface area contributed by atoms with Gasteiger partial charge in [-0.2, -0.15) is 0 Å². The molecule has 0 aromatic carbocycles. The van der Waals surface area contributed by atoms with Crippen LogP contribution in [-0.2, 0) is 9.59 Å². The van der Waals surface area contributed by atoms with Gasteiger partial charge in [0.1, 0.15) is 0 Å². The number of hydrogen-bond donors (Lipinski definition) is 3. The van der Waals surface area contributed by atoms with Crippen molar-refractivity contribution in [2.45, 2.75) is 58.1 Å². The van der Waals surface area contributed by atoms with E-state index in [4.69, 9.17) is 0 Å². The number of nitrogens with one attached hydrogen (secondary N) is 2. The van der Waals surface area contributed by atoms with E-state index in [2.05, 4.69) is 10.6 Å². The third-order valence-electron chi connectivity index (χ3n) is 3.86. The highest BCUT2D eigenvalue weighted by Crippen LogP contribution is 2.24. The van der Waals surface area contributed by atoms with Gasteiger partial charge in [-0.15, -0.1) is 0 Å². The number of carbonyl (C=O) groups excluding carboxylic acids is 2. The van der Waals surface area contributed by atoms with E-state index in [0.717, 1.165) is 25.7 Å². The Labute approximate surface area is 115 Å². The molecule has 1 saturated carbocycles. The predicted molar refractivity (Wildman–Crippen MR) is 73.4 cm³/mol. The third kappa shape index (κ3) is 4.82. The molecule has 3 unspecified atom stereocenters. The summed E-state index contributed by atoms with van der Waals surface area (Å²) in [5, 5.41) is 15.3. The molecule has 5 nitrogen and oxygen atoms in total. The van der Waals surface area contributed by atoms with Gasteiger partial charge in [0.15, 0.2) is 0 Å². The Morgan fingerprint density at radius 2 is 1.89 bits per heavy atom. The Morgan fingerprint density at radius 1 is 1.26 bits per heavy atom. The fourth-order valence-electron chi connectivity index (χ4n) is 2.49. The summed E-state index contributed by atoms with van der Waals surface area (Å²) in [4.78, 5) is 23.7. The van der Waals surface area contributed by atoms with Gasteiger partial charge in [-0.3, -0.25) is 9.59 Å². The van der Waals surface area contributed by atoms with Crippen molar-refractivity contribution in [1.82, 2.24) is 10.6 Å². The highest BCUT2D eigenvalue weighted by molar-refractivity contribution is 5.81. The first-order valence-electron chi connectivity index (χ1n) is 7.14. The van der Waals surface area contributed by atoms with Crippen LogP contribution in [0.2, 0.25) is 0 Å². The number of aliphatic hydroxyl groups excluding tert-OH is 1. The van der Waals surface area contributed by atoms with Gasteiger partial charge < -0.3 is 15.7 Å². The Bertz CT molecular complexity index is 318. The number of carbonyl (C=O) groups is 2. The number of amides is 2. The standard InChI is InChI=1S/C14H26N2O3/c1-9(2)12(17)8-13(18)16-11-7-5-4-6-10(11)14(19)15-3/h9-12,17H,4-8H2,1-3H3,(H,15,19)(H,16,18). The van der Waals surface area contributed by atoms with Crippen LogP contribution in [0.1, 0.15) is 46.0 Å². The van der Waals surface area contributed by atoms with E-state index in [1.807, 2.05) is 13.8 Å². The lowest BCUT2D eigenvalue weighted by Crippen LogP contribution is -2.48. The number of hydrogen-bond acceptors (Lipinski definition) is 3. The van der Waals surface area contributed by atoms with E-state index < -0.39 is 6.10 Å². The highest BCUT2D eigenvalue weighted by atomic mass is 16.3. The van der Waals surface area contributed by atoms with Gasteiger partial charge in [-0.1, -0.05) is 26.7 Å². The molecule has 1 aliphatic carbocycles. The quantitative estimate of drug-likeness (QED) is 0.692. The molecule has 3 N–H and O–H groups in total. The maximum atomic E-state index is 11.9. The molecule has 0 aliphatic heterocycles. The number of rotatable bonds is 5. The Hall–Kier alpha value is -1.10. The molecule has 0 aromatic rings. The topological polar surface area (TPSA) is 78.4 Å². The van der Waals surface area contributed by atoms with Gasteiger partial charge in [0.2, 0.25) is 11.8 Å². The van der Waals surface area contributed by atoms with Crippen LogP contribution in [0.15, 0.2) is 0 Å². The van der Waals surface area contributed by atoms with Crippen molar-refractivity contribution in [2.75, 3.05) is 7.05 Å². The van der Waals surface area contributed by atoms with Crippen molar-refractivity contribution in [1.29, 1.82) is 0 Å². The number of aliphatic hydroxyl groups is 1. The first-order chi connectivity index (χ1) is 8.95. The molecule has 1 rings (SSSR count). The average molecular weight is 270 g/mol. The van der Waals surface area contributed by atoms with Gasteiger partial charge in [-0.25, -0.2) is 0 Å². The van der Waals surface area contributed by atoms with Gasteiger partial charge in [0, 0.05) is 13.1 Å². The molecule has 2 amide bonds. The third-order valence-corrected chi connectivity index (χ3v) is 3.86. The normalized spacial score (nSPS) is 24.9. The van der Waals surface area contributed by atoms with E-state index >= 15 is 0 Å². The van der Waals surface area contributed by atoms with Crippen molar-refractivity contribution in [3.05, 3.63) is 0 Å². The predicted octanol–water partition coefficient (Wildman–Crippen LogP) is 0.814. The molecule has 0 bridgehead atoms. The van der Waals surface area contributed by atoms with Crippen LogP contribution in [0.25, 0.3) is 0 Å². The summed E-state index contributed by atoms with van der Waals surface area (Å²) in [5.74, 6) is -0.248. The van der Waals surface area contributed by atoms with Crippen LogP contribution in [0.3, 0.4) is 0 Å². The van der Waals surface area contributed by atoms with Crippen LogP contribution >= 0.6 is 0 Å². The summed E-state index contributed by atoms with van der Waals surface area (Å²) >= 11 is 0. The van der Waals surface area contributed by atoms with E-state index in [1.165, 1.54) is 0 Å². The summed E-state index contributed by atoms with van der Waals surface area (Å²) < 4.78 is 0. The largest absolute Gasteiger partial charge is 0.392 e. The minimum atomic E-state index is -0.623. The summed E-state index contributed by atoms with van der Waals surface area (Å²) in [6.07, 6.45) is 3.19. The molecule has 3 atom stereocenters. The fourth-order valence-corrected chi connectivity index (χ4v) is 2.49. The monoisotopic (exact) mass is 270 g/mol. The molecule has 0 saturated heterocycles. The van der Waals surface area contributed by atoms with Crippen LogP contribution in [0, 0.1) is 11.8 Å². The zero-order valence-corrected chi connectivity index (χ0v) is 12.1. The maximum Gasteiger partial charge on any atom is 0.224 e. The SMILES string of the molecule is CNC(=O)C1CCCCC1NC(=O)CC(O)C(C)C. The molecule has 1 fully saturated rings. The van der Waals surface area contributed by atoms with Gasteiger partial charge in [0.05, 0.1) is 18.4 Å². The van der Waals surface area contributed by atoms with E-state index in [-0.39, 0.29) is 36.1 Å². The molecule has 110 valence electrons. The molecule has 0 heterocycles. The molecular weight excluding hydrogens is 244 g/mol. The molecule has 0 spiro atoms. The van der Waals surface area contributed by atoms with Crippen molar-refractivity contribution >= 4 is 11.8 Å². The van der Waals surface area contributed by atoms with Crippen LogP contribution in [0.5, 0.6) is 0 Å². The van der Waals surface area contributed by atoms with E-state index in [9.17, 15) is 14.7 Å². The Balaban J connectivity index is 2.52. The van der Waals surface area contributed by atoms with Crippen LogP contribution < -0.4 is 10.6 Å². The highest BCUT2D eigenvalue weighted by Gasteiger charge is 2.31. The Kier molecular flexibility index (Phi) is 6.28. The second-order valence-corrected chi connectivity index (χ2v) is 5.69. The van der Waals surface area contributed by atoms with Gasteiger partial charge >= 0.3 is 0 Å². The summed E-state index contributed by atoms with van der Waals surface area (Å²) in [6, 6.07) is -0.0967. The lowest BCUT2D eigenvalue weighted by atomic mass is 9.83. The molecule has 1 aliphatic rings. The smallest absolute Gasteiger partial charge is 0.224 e. The first kappa shape index (κ1) is 16.0. The summed E-state index contributed by atoms with van der Waals surface area (Å²) in [7, 11) is 1.62. The first-order valence-corrected chi connectivity index (χ1v) is 7.14. The summed E-state index contributed by atoms with van der Waals surface area (Å²) in [5.41, 5.74) is 0. The minimum Gasteiger partial charge on any atom is -0.392 e. The average Bonchev–Trinajstić information content (AvgIpc) is 2.38. The van der Waals surface area contributed by atoms with E-state index in [1.54, 1.807) is 7.05 Å². The van der Waals surface area contributed by atoms with Crippen LogP contribution in [-0.4, -0.2) is 36.1 Å². The zero-order chi connectivity index (χ0) is 14.4. The summed E-state index contributed by atoms with van der Waals surface area (Å²) in [6.45, 7) is 3.76. The van der Waals surface area contributed by atoms with Crippen molar-refractivity contribution < 1.29 is 14.7 Å². The van der Waals surface area contributed by atoms with E-state index in [0.29, 0.717) is 0 Å². The second kappa shape index (κ2) is 7.48. The van der Waals surface area contributed by atoms with Crippen molar-refractivity contribution in [3.8, 4) is 0 Å². The fraction of sp³-hybridized carbons (Fsp3) is 0.857. The second-order valence-electron chi connectivity index (χ2n) is 5.69. The van der Waals surface area contributed by atoms with Gasteiger partial charge in [0.25, 0.3) is 0 Å². The van der Waals surface area contributed by atoms with Crippen molar-refractivity contribution in [3.63, 3.8) is 0 Å². The lowest BCUT2D eigenvalue weighted by molar-refractivity contribution is -0.128. The van der Waals surface area contributed by atoms with Crippen LogP contribution in [0.4, 0.5) is 0 Å². The van der Waals surface area contributed by atoms with Crippen molar-refractivity contribution in [2.24, 2.45) is 11.8 Å². The molecule has 5 heteroatoms. The van der Waals surface area contributed by atoms with Gasteiger partial charge in [-0.05, 0) is 18.8 Å². The Morgan fingerprint density at radius 3 is 2.47 bits per heavy atom. The molecular formula is C14H26N2O3. The molecule has 19 heavy (non-hydrogen) atoms. The zero-order valence-electron chi connectivity index (χ0n) is 12.1. The maximum absolute atomic E-state index is 11.9. The minimum absolute atomic E-state index is 0.00518. The molecule has 0 aromatic heterocycles. The molecule has 0 radical (unpaired) electrons.